The third-order valence-electron chi connectivity index (χ3n) is 3.17. The zero-order valence-electron chi connectivity index (χ0n) is 10.4. The number of carbonyl (C=O) groups excluding carboxylic acids is 1. The van der Waals surface area contributed by atoms with Crippen LogP contribution in [-0.4, -0.2) is 37.4 Å². The highest BCUT2D eigenvalue weighted by molar-refractivity contribution is 6.30. The fourth-order valence-corrected chi connectivity index (χ4v) is 2.40. The maximum absolute atomic E-state index is 10.9. The number of hydrogen-bond acceptors (Lipinski definition) is 3. The summed E-state index contributed by atoms with van der Waals surface area (Å²) < 4.78 is 5.63. The quantitative estimate of drug-likeness (QED) is 0.586. The standard InChI is InChI=1S/C14H18ClNO2/c15-13-4-5-14(12(10-13)11-17)18-9-3-8-16-6-1-2-7-16/h4-5,10-11H,1-3,6-9H2. The monoisotopic (exact) mass is 267 g/mol. The zero-order chi connectivity index (χ0) is 12.8. The molecule has 0 spiro atoms. The molecule has 18 heavy (non-hydrogen) atoms. The van der Waals surface area contributed by atoms with E-state index in [0.29, 0.717) is 22.9 Å². The first-order valence-corrected chi connectivity index (χ1v) is 6.77. The van der Waals surface area contributed by atoms with Crippen LogP contribution >= 0.6 is 11.6 Å². The molecule has 0 unspecified atom stereocenters. The van der Waals surface area contributed by atoms with Crippen LogP contribution in [0.5, 0.6) is 5.75 Å². The third-order valence-corrected chi connectivity index (χ3v) is 3.41. The van der Waals surface area contributed by atoms with Crippen molar-refractivity contribution >= 4 is 17.9 Å². The average molecular weight is 268 g/mol. The Morgan fingerprint density at radius 1 is 1.33 bits per heavy atom. The molecule has 0 aliphatic carbocycles. The van der Waals surface area contributed by atoms with Gasteiger partial charge in [0.05, 0.1) is 12.2 Å². The number of hydrogen-bond donors (Lipinski definition) is 0. The predicted molar refractivity (Wildman–Crippen MR) is 72.6 cm³/mol. The van der Waals surface area contributed by atoms with E-state index in [1.54, 1.807) is 18.2 Å². The average Bonchev–Trinajstić information content (AvgIpc) is 2.89. The van der Waals surface area contributed by atoms with Gasteiger partial charge in [0.25, 0.3) is 0 Å². The summed E-state index contributed by atoms with van der Waals surface area (Å²) in [6.45, 7) is 4.13. The summed E-state index contributed by atoms with van der Waals surface area (Å²) in [7, 11) is 0. The number of nitrogens with zero attached hydrogens (tertiary/aromatic N) is 1. The lowest BCUT2D eigenvalue weighted by molar-refractivity contribution is 0.111. The smallest absolute Gasteiger partial charge is 0.153 e. The SMILES string of the molecule is O=Cc1cc(Cl)ccc1OCCCN1CCCC1. The molecular weight excluding hydrogens is 250 g/mol. The highest BCUT2D eigenvalue weighted by Gasteiger charge is 2.10. The van der Waals surface area contributed by atoms with Gasteiger partial charge >= 0.3 is 0 Å². The maximum atomic E-state index is 10.9. The van der Waals surface area contributed by atoms with Crippen LogP contribution in [0.25, 0.3) is 0 Å². The summed E-state index contributed by atoms with van der Waals surface area (Å²) in [5.41, 5.74) is 0.517. The molecule has 4 heteroatoms. The van der Waals surface area contributed by atoms with Gasteiger partial charge in [0.2, 0.25) is 0 Å². The fourth-order valence-electron chi connectivity index (χ4n) is 2.22. The van der Waals surface area contributed by atoms with Crippen LogP contribution in [0.4, 0.5) is 0 Å². The second kappa shape index (κ2) is 6.76. The van der Waals surface area contributed by atoms with Gasteiger partial charge in [-0.3, -0.25) is 4.79 Å². The zero-order valence-corrected chi connectivity index (χ0v) is 11.2. The molecule has 1 aliphatic heterocycles. The molecule has 0 aromatic heterocycles. The molecule has 0 saturated carbocycles. The molecule has 2 rings (SSSR count). The van der Waals surface area contributed by atoms with Crippen molar-refractivity contribution in [2.24, 2.45) is 0 Å². The molecule has 0 radical (unpaired) electrons. The van der Waals surface area contributed by atoms with Crippen molar-refractivity contribution in [2.75, 3.05) is 26.2 Å². The molecule has 1 fully saturated rings. The van der Waals surface area contributed by atoms with E-state index in [2.05, 4.69) is 4.90 Å². The van der Waals surface area contributed by atoms with E-state index in [1.165, 1.54) is 25.9 Å². The number of halogens is 1. The Balaban J connectivity index is 1.77. The molecule has 0 atom stereocenters. The van der Waals surface area contributed by atoms with Gasteiger partial charge in [-0.1, -0.05) is 11.6 Å². The number of benzene rings is 1. The molecule has 1 saturated heterocycles. The Morgan fingerprint density at radius 3 is 2.83 bits per heavy atom. The van der Waals surface area contributed by atoms with Gasteiger partial charge in [0, 0.05) is 11.6 Å². The van der Waals surface area contributed by atoms with E-state index in [4.69, 9.17) is 16.3 Å². The van der Waals surface area contributed by atoms with E-state index in [9.17, 15) is 4.79 Å². The molecule has 98 valence electrons. The van der Waals surface area contributed by atoms with Crippen molar-refractivity contribution in [2.45, 2.75) is 19.3 Å². The van der Waals surface area contributed by atoms with Gasteiger partial charge < -0.3 is 9.64 Å². The predicted octanol–water partition coefficient (Wildman–Crippen LogP) is 3.02. The van der Waals surface area contributed by atoms with Crippen LogP contribution in [0.15, 0.2) is 18.2 Å². The van der Waals surface area contributed by atoms with E-state index in [-0.39, 0.29) is 0 Å². The Bertz CT molecular complexity index is 403. The normalized spacial score (nSPS) is 15.8. The summed E-state index contributed by atoms with van der Waals surface area (Å²) in [5, 5.41) is 0.557. The highest BCUT2D eigenvalue weighted by Crippen LogP contribution is 2.21. The minimum atomic E-state index is 0.517. The van der Waals surface area contributed by atoms with Gasteiger partial charge in [-0.15, -0.1) is 0 Å². The number of carbonyl (C=O) groups is 1. The first-order chi connectivity index (χ1) is 8.79. The largest absolute Gasteiger partial charge is 0.493 e. The Morgan fingerprint density at radius 2 is 2.11 bits per heavy atom. The van der Waals surface area contributed by atoms with E-state index in [0.717, 1.165) is 19.3 Å². The second-order valence-corrected chi connectivity index (χ2v) is 4.99. The summed E-state index contributed by atoms with van der Waals surface area (Å²) in [4.78, 5) is 13.3. The Labute approximate surface area is 113 Å². The number of ether oxygens (including phenoxy) is 1. The minimum Gasteiger partial charge on any atom is -0.493 e. The van der Waals surface area contributed by atoms with Crippen LogP contribution in [0.3, 0.4) is 0 Å². The molecule has 1 aliphatic rings. The molecular formula is C14H18ClNO2. The molecule has 1 aromatic carbocycles. The first-order valence-electron chi connectivity index (χ1n) is 6.39. The van der Waals surface area contributed by atoms with Crippen LogP contribution in [-0.2, 0) is 0 Å². The summed E-state index contributed by atoms with van der Waals surface area (Å²) in [6, 6.07) is 5.12. The van der Waals surface area contributed by atoms with E-state index in [1.807, 2.05) is 0 Å². The van der Waals surface area contributed by atoms with Crippen molar-refractivity contribution in [3.63, 3.8) is 0 Å². The third kappa shape index (κ3) is 3.72. The van der Waals surface area contributed by atoms with Crippen LogP contribution in [0.1, 0.15) is 29.6 Å². The number of likely N-dealkylation sites (tertiary alicyclic amines) is 1. The summed E-state index contributed by atoms with van der Waals surface area (Å²) in [6.07, 6.45) is 4.39. The summed E-state index contributed by atoms with van der Waals surface area (Å²) >= 11 is 5.82. The molecule has 0 bridgehead atoms. The van der Waals surface area contributed by atoms with Crippen molar-refractivity contribution in [3.05, 3.63) is 28.8 Å². The minimum absolute atomic E-state index is 0.517. The first kappa shape index (κ1) is 13.4. The van der Waals surface area contributed by atoms with E-state index >= 15 is 0 Å². The van der Waals surface area contributed by atoms with Crippen LogP contribution < -0.4 is 4.74 Å². The van der Waals surface area contributed by atoms with E-state index < -0.39 is 0 Å². The molecule has 0 amide bonds. The highest BCUT2D eigenvalue weighted by atomic mass is 35.5. The number of aldehydes is 1. The fraction of sp³-hybridized carbons (Fsp3) is 0.500. The topological polar surface area (TPSA) is 29.5 Å². The molecule has 0 N–H and O–H groups in total. The lowest BCUT2D eigenvalue weighted by Gasteiger charge is -2.14. The van der Waals surface area contributed by atoms with Crippen molar-refractivity contribution < 1.29 is 9.53 Å². The Kier molecular flexibility index (Phi) is 5.02. The maximum Gasteiger partial charge on any atom is 0.153 e. The van der Waals surface area contributed by atoms with Crippen LogP contribution in [0, 0.1) is 0 Å². The van der Waals surface area contributed by atoms with Gasteiger partial charge in [0.15, 0.2) is 6.29 Å². The van der Waals surface area contributed by atoms with Gasteiger partial charge in [-0.25, -0.2) is 0 Å². The van der Waals surface area contributed by atoms with Crippen molar-refractivity contribution in [1.82, 2.24) is 4.90 Å². The van der Waals surface area contributed by atoms with Crippen molar-refractivity contribution in [3.8, 4) is 5.75 Å². The second-order valence-electron chi connectivity index (χ2n) is 4.55. The lowest BCUT2D eigenvalue weighted by Crippen LogP contribution is -2.22. The Hall–Kier alpha value is -1.06. The molecule has 1 heterocycles. The molecule has 1 aromatic rings. The number of rotatable bonds is 6. The van der Waals surface area contributed by atoms with Gasteiger partial charge in [-0.2, -0.15) is 0 Å². The molecule has 3 nitrogen and oxygen atoms in total. The lowest BCUT2D eigenvalue weighted by atomic mass is 10.2. The van der Waals surface area contributed by atoms with Gasteiger partial charge in [0.1, 0.15) is 5.75 Å². The van der Waals surface area contributed by atoms with Crippen molar-refractivity contribution in [1.29, 1.82) is 0 Å². The van der Waals surface area contributed by atoms with Gasteiger partial charge in [-0.05, 0) is 50.6 Å². The van der Waals surface area contributed by atoms with Crippen LogP contribution in [0.2, 0.25) is 5.02 Å². The summed E-state index contributed by atoms with van der Waals surface area (Å²) in [5.74, 6) is 0.621.